The summed E-state index contributed by atoms with van der Waals surface area (Å²) < 4.78 is 7.20. The fourth-order valence-corrected chi connectivity index (χ4v) is 2.69. The Labute approximate surface area is 156 Å². The predicted molar refractivity (Wildman–Crippen MR) is 102 cm³/mol. The number of benzene rings is 2. The number of urea groups is 1. The van der Waals surface area contributed by atoms with E-state index < -0.39 is 12.0 Å². The lowest BCUT2D eigenvalue weighted by Gasteiger charge is -2.08. The van der Waals surface area contributed by atoms with Crippen molar-refractivity contribution in [3.05, 3.63) is 77.1 Å². The highest BCUT2D eigenvalue weighted by Crippen LogP contribution is 2.15. The monoisotopic (exact) mass is 364 g/mol. The minimum absolute atomic E-state index is 0.164. The zero-order chi connectivity index (χ0) is 19.4. The van der Waals surface area contributed by atoms with Crippen LogP contribution in [0.1, 0.15) is 27.3 Å². The van der Waals surface area contributed by atoms with Gasteiger partial charge in [0.1, 0.15) is 6.61 Å². The number of carbonyl (C=O) groups is 2. The van der Waals surface area contributed by atoms with Crippen molar-refractivity contribution in [2.24, 2.45) is 5.73 Å². The molecule has 0 aliphatic heterocycles. The molecule has 0 aliphatic carbocycles. The van der Waals surface area contributed by atoms with Crippen LogP contribution in [0.25, 0.3) is 5.69 Å². The fourth-order valence-electron chi connectivity index (χ4n) is 2.69. The molecule has 0 saturated heterocycles. The SMILES string of the molecule is Cc1cc(C)n(-c2ccc(COC(=O)c3ccc(NC(N)=O)cc3)cc2)n1. The summed E-state index contributed by atoms with van der Waals surface area (Å²) in [4.78, 5) is 22.9. The second-order valence-electron chi connectivity index (χ2n) is 6.15. The number of ether oxygens (including phenoxy) is 1. The first kappa shape index (κ1) is 18.2. The molecule has 7 heteroatoms. The van der Waals surface area contributed by atoms with Crippen LogP contribution in [0.15, 0.2) is 54.6 Å². The number of carbonyl (C=O) groups excluding carboxylic acids is 2. The van der Waals surface area contributed by atoms with Crippen molar-refractivity contribution in [3.63, 3.8) is 0 Å². The van der Waals surface area contributed by atoms with E-state index in [1.54, 1.807) is 24.3 Å². The average molecular weight is 364 g/mol. The Morgan fingerprint density at radius 2 is 1.74 bits per heavy atom. The lowest BCUT2D eigenvalue weighted by Crippen LogP contribution is -2.19. The number of nitrogens with one attached hydrogen (secondary N) is 1. The van der Waals surface area contributed by atoms with Crippen LogP contribution in [0, 0.1) is 13.8 Å². The molecule has 0 aliphatic rings. The van der Waals surface area contributed by atoms with Crippen molar-refractivity contribution < 1.29 is 14.3 Å². The molecule has 27 heavy (non-hydrogen) atoms. The number of anilines is 1. The summed E-state index contributed by atoms with van der Waals surface area (Å²) in [6.45, 7) is 4.12. The summed E-state index contributed by atoms with van der Waals surface area (Å²) in [6.07, 6.45) is 0. The molecule has 1 heterocycles. The Morgan fingerprint density at radius 1 is 1.07 bits per heavy atom. The van der Waals surface area contributed by atoms with Crippen LogP contribution >= 0.6 is 0 Å². The average Bonchev–Trinajstić information content (AvgIpc) is 2.98. The first-order chi connectivity index (χ1) is 12.9. The molecule has 3 rings (SSSR count). The molecule has 3 N–H and O–H groups in total. The van der Waals surface area contributed by atoms with E-state index in [4.69, 9.17) is 10.5 Å². The van der Waals surface area contributed by atoms with E-state index >= 15 is 0 Å². The van der Waals surface area contributed by atoms with Gasteiger partial charge in [-0.05, 0) is 61.9 Å². The summed E-state index contributed by atoms with van der Waals surface area (Å²) >= 11 is 0. The molecular weight excluding hydrogens is 344 g/mol. The molecule has 0 fully saturated rings. The van der Waals surface area contributed by atoms with E-state index in [-0.39, 0.29) is 6.61 Å². The maximum atomic E-state index is 12.1. The van der Waals surface area contributed by atoms with Gasteiger partial charge in [-0.1, -0.05) is 12.1 Å². The molecule has 0 bridgehead atoms. The number of nitrogens with two attached hydrogens (primary N) is 1. The Kier molecular flexibility index (Phi) is 5.21. The first-order valence-corrected chi connectivity index (χ1v) is 8.38. The molecule has 7 nitrogen and oxygen atoms in total. The Morgan fingerprint density at radius 3 is 2.30 bits per heavy atom. The molecule has 2 aromatic carbocycles. The highest BCUT2D eigenvalue weighted by Gasteiger charge is 2.09. The largest absolute Gasteiger partial charge is 0.457 e. The summed E-state index contributed by atoms with van der Waals surface area (Å²) in [7, 11) is 0. The predicted octanol–water partition coefficient (Wildman–Crippen LogP) is 3.34. The van der Waals surface area contributed by atoms with Crippen LogP contribution in [-0.4, -0.2) is 21.8 Å². The van der Waals surface area contributed by atoms with E-state index in [0.29, 0.717) is 11.3 Å². The minimum Gasteiger partial charge on any atom is -0.457 e. The number of hydrogen-bond acceptors (Lipinski definition) is 4. The van der Waals surface area contributed by atoms with E-state index in [9.17, 15) is 9.59 Å². The third kappa shape index (κ3) is 4.52. The van der Waals surface area contributed by atoms with E-state index in [1.165, 1.54) is 0 Å². The van der Waals surface area contributed by atoms with Crippen molar-refractivity contribution in [3.8, 4) is 5.69 Å². The molecule has 0 unspecified atom stereocenters. The number of nitrogens with zero attached hydrogens (tertiary/aromatic N) is 2. The van der Waals surface area contributed by atoms with Crippen molar-refractivity contribution in [2.45, 2.75) is 20.5 Å². The highest BCUT2D eigenvalue weighted by molar-refractivity contribution is 5.91. The maximum Gasteiger partial charge on any atom is 0.338 e. The van der Waals surface area contributed by atoms with Gasteiger partial charge in [-0.15, -0.1) is 0 Å². The van der Waals surface area contributed by atoms with Gasteiger partial charge < -0.3 is 15.8 Å². The lowest BCUT2D eigenvalue weighted by atomic mass is 10.2. The van der Waals surface area contributed by atoms with Crippen molar-refractivity contribution in [2.75, 3.05) is 5.32 Å². The number of amides is 2. The normalized spacial score (nSPS) is 10.4. The van der Waals surface area contributed by atoms with Gasteiger partial charge in [0, 0.05) is 11.4 Å². The van der Waals surface area contributed by atoms with Gasteiger partial charge in [0.25, 0.3) is 0 Å². The molecule has 0 saturated carbocycles. The third-order valence-electron chi connectivity index (χ3n) is 3.95. The summed E-state index contributed by atoms with van der Waals surface area (Å²) in [5.74, 6) is -0.441. The quantitative estimate of drug-likeness (QED) is 0.678. The Bertz CT molecular complexity index is 960. The topological polar surface area (TPSA) is 99.2 Å². The van der Waals surface area contributed by atoms with Crippen LogP contribution in [0.3, 0.4) is 0 Å². The molecule has 0 atom stereocenters. The second-order valence-corrected chi connectivity index (χ2v) is 6.15. The fraction of sp³-hybridized carbons (Fsp3) is 0.150. The van der Waals surface area contributed by atoms with Crippen LogP contribution < -0.4 is 11.1 Å². The Balaban J connectivity index is 1.60. The van der Waals surface area contributed by atoms with E-state index in [2.05, 4.69) is 10.4 Å². The number of primary amides is 1. The van der Waals surface area contributed by atoms with Gasteiger partial charge in [0.15, 0.2) is 0 Å². The molecule has 2 amide bonds. The number of hydrogen-bond donors (Lipinski definition) is 2. The highest BCUT2D eigenvalue weighted by atomic mass is 16.5. The number of esters is 1. The standard InChI is InChI=1S/C20H20N4O3/c1-13-11-14(2)24(23-13)18-9-3-15(4-10-18)12-27-19(25)16-5-7-17(8-6-16)22-20(21)26/h3-11H,12H2,1-2H3,(H3,21,22,26). The third-order valence-corrected chi connectivity index (χ3v) is 3.95. The first-order valence-electron chi connectivity index (χ1n) is 8.38. The molecule has 0 radical (unpaired) electrons. The van der Waals surface area contributed by atoms with Crippen molar-refractivity contribution >= 4 is 17.7 Å². The van der Waals surface area contributed by atoms with Crippen LogP contribution in [0.5, 0.6) is 0 Å². The zero-order valence-electron chi connectivity index (χ0n) is 15.1. The van der Waals surface area contributed by atoms with Gasteiger partial charge in [-0.25, -0.2) is 14.3 Å². The van der Waals surface area contributed by atoms with Gasteiger partial charge in [0.2, 0.25) is 0 Å². The van der Waals surface area contributed by atoms with Gasteiger partial charge in [0.05, 0.1) is 16.9 Å². The van der Waals surface area contributed by atoms with Crippen LogP contribution in [-0.2, 0) is 11.3 Å². The number of rotatable bonds is 5. The number of aryl methyl sites for hydroxylation is 2. The van der Waals surface area contributed by atoms with E-state index in [0.717, 1.165) is 22.6 Å². The van der Waals surface area contributed by atoms with Gasteiger partial charge in [-0.3, -0.25) is 0 Å². The molecule has 138 valence electrons. The Hall–Kier alpha value is -3.61. The lowest BCUT2D eigenvalue weighted by molar-refractivity contribution is 0.0472. The molecule has 3 aromatic rings. The summed E-state index contributed by atoms with van der Waals surface area (Å²) in [5.41, 5.74) is 9.79. The minimum atomic E-state index is -0.658. The summed E-state index contributed by atoms with van der Waals surface area (Å²) in [5, 5.41) is 6.88. The van der Waals surface area contributed by atoms with Crippen LogP contribution in [0.4, 0.5) is 10.5 Å². The maximum absolute atomic E-state index is 12.1. The van der Waals surface area contributed by atoms with Crippen molar-refractivity contribution in [1.82, 2.24) is 9.78 Å². The smallest absolute Gasteiger partial charge is 0.338 e. The van der Waals surface area contributed by atoms with Gasteiger partial charge in [-0.2, -0.15) is 5.10 Å². The summed E-state index contributed by atoms with van der Waals surface area (Å²) in [6, 6.07) is 15.3. The molecular formula is C20H20N4O3. The molecule has 1 aromatic heterocycles. The van der Waals surface area contributed by atoms with Gasteiger partial charge >= 0.3 is 12.0 Å². The van der Waals surface area contributed by atoms with Crippen LogP contribution in [0.2, 0.25) is 0 Å². The van der Waals surface area contributed by atoms with E-state index in [1.807, 2.05) is 48.9 Å². The van der Waals surface area contributed by atoms with Crippen molar-refractivity contribution in [1.29, 1.82) is 0 Å². The number of aromatic nitrogens is 2. The zero-order valence-corrected chi connectivity index (χ0v) is 15.1. The second kappa shape index (κ2) is 7.74. The molecule has 0 spiro atoms.